The van der Waals surface area contributed by atoms with Crippen molar-refractivity contribution in [2.75, 3.05) is 30.8 Å². The summed E-state index contributed by atoms with van der Waals surface area (Å²) >= 11 is 5.72. The van der Waals surface area contributed by atoms with Gasteiger partial charge in [0.1, 0.15) is 0 Å². The Morgan fingerprint density at radius 3 is 2.56 bits per heavy atom. The number of ether oxygens (including phenoxy) is 1. The number of aromatic nitrogens is 3. The maximum absolute atomic E-state index is 5.72. The van der Waals surface area contributed by atoms with E-state index in [1.54, 1.807) is 7.05 Å². The molecule has 16 heavy (non-hydrogen) atoms. The number of anilines is 2. The van der Waals surface area contributed by atoms with E-state index in [1.165, 1.54) is 0 Å². The van der Waals surface area contributed by atoms with Gasteiger partial charge in [-0.2, -0.15) is 15.0 Å². The Balaban J connectivity index is 2.44. The molecule has 0 bridgehead atoms. The lowest BCUT2D eigenvalue weighted by Gasteiger charge is -2.09. The first-order chi connectivity index (χ1) is 7.61. The molecule has 1 aromatic rings. The predicted molar refractivity (Wildman–Crippen MR) is 64.0 cm³/mol. The van der Waals surface area contributed by atoms with Gasteiger partial charge in [-0.3, -0.25) is 0 Å². The van der Waals surface area contributed by atoms with Crippen molar-refractivity contribution in [2.24, 2.45) is 0 Å². The van der Waals surface area contributed by atoms with Crippen LogP contribution in [0.25, 0.3) is 0 Å². The summed E-state index contributed by atoms with van der Waals surface area (Å²) in [5.41, 5.74) is 0. The number of nitrogens with one attached hydrogen (secondary N) is 2. The van der Waals surface area contributed by atoms with Crippen LogP contribution in [0.3, 0.4) is 0 Å². The molecule has 90 valence electrons. The van der Waals surface area contributed by atoms with Crippen LogP contribution in [0.5, 0.6) is 0 Å². The topological polar surface area (TPSA) is 72.0 Å². The van der Waals surface area contributed by atoms with Gasteiger partial charge in [-0.1, -0.05) is 0 Å². The quantitative estimate of drug-likeness (QED) is 0.739. The molecule has 6 nitrogen and oxygen atoms in total. The molecule has 0 atom stereocenters. The molecule has 7 heteroatoms. The normalized spacial score (nSPS) is 10.6. The maximum atomic E-state index is 5.72. The standard InChI is InChI=1S/C9H16ClN5O/c1-6(2)16-5-4-12-9-14-7(10)13-8(11-3)15-9/h6H,4-5H2,1-3H3,(H2,11,12,13,14,15). The van der Waals surface area contributed by atoms with Gasteiger partial charge in [0, 0.05) is 13.6 Å². The van der Waals surface area contributed by atoms with Crippen LogP contribution >= 0.6 is 11.6 Å². The van der Waals surface area contributed by atoms with Crippen LogP contribution in [0.4, 0.5) is 11.9 Å². The molecule has 1 heterocycles. The van der Waals surface area contributed by atoms with Gasteiger partial charge in [-0.15, -0.1) is 0 Å². The zero-order valence-corrected chi connectivity index (χ0v) is 10.4. The molecule has 0 amide bonds. The molecule has 0 saturated carbocycles. The number of hydrogen-bond acceptors (Lipinski definition) is 6. The number of halogens is 1. The van der Waals surface area contributed by atoms with E-state index in [0.29, 0.717) is 25.0 Å². The zero-order chi connectivity index (χ0) is 12.0. The largest absolute Gasteiger partial charge is 0.377 e. The van der Waals surface area contributed by atoms with Crippen molar-refractivity contribution in [3.05, 3.63) is 5.28 Å². The van der Waals surface area contributed by atoms with Gasteiger partial charge < -0.3 is 15.4 Å². The van der Waals surface area contributed by atoms with E-state index in [4.69, 9.17) is 16.3 Å². The summed E-state index contributed by atoms with van der Waals surface area (Å²) in [6.07, 6.45) is 0.219. The minimum atomic E-state index is 0.159. The van der Waals surface area contributed by atoms with Crippen molar-refractivity contribution < 1.29 is 4.74 Å². The summed E-state index contributed by atoms with van der Waals surface area (Å²) < 4.78 is 5.37. The zero-order valence-electron chi connectivity index (χ0n) is 9.62. The van der Waals surface area contributed by atoms with Crippen LogP contribution < -0.4 is 10.6 Å². The van der Waals surface area contributed by atoms with Gasteiger partial charge in [0.15, 0.2) is 0 Å². The number of hydrogen-bond donors (Lipinski definition) is 2. The molecular weight excluding hydrogens is 230 g/mol. The molecule has 0 aliphatic carbocycles. The minimum absolute atomic E-state index is 0.159. The molecule has 1 rings (SSSR count). The Morgan fingerprint density at radius 2 is 1.94 bits per heavy atom. The van der Waals surface area contributed by atoms with E-state index in [0.717, 1.165) is 0 Å². The highest BCUT2D eigenvalue weighted by Crippen LogP contribution is 2.08. The molecule has 0 radical (unpaired) electrons. The monoisotopic (exact) mass is 245 g/mol. The SMILES string of the molecule is CNc1nc(Cl)nc(NCCOC(C)C)n1. The summed E-state index contributed by atoms with van der Waals surface area (Å²) in [7, 11) is 1.72. The summed E-state index contributed by atoms with van der Waals surface area (Å²) in [5, 5.41) is 5.96. The second-order valence-electron chi connectivity index (χ2n) is 3.35. The van der Waals surface area contributed by atoms with Crippen molar-refractivity contribution >= 4 is 23.5 Å². The molecule has 0 unspecified atom stereocenters. The van der Waals surface area contributed by atoms with Crippen LogP contribution in [-0.2, 0) is 4.74 Å². The van der Waals surface area contributed by atoms with Crippen molar-refractivity contribution in [3.8, 4) is 0 Å². The van der Waals surface area contributed by atoms with Crippen molar-refractivity contribution in [2.45, 2.75) is 20.0 Å². The highest BCUT2D eigenvalue weighted by Gasteiger charge is 2.02. The lowest BCUT2D eigenvalue weighted by Crippen LogP contribution is -2.15. The van der Waals surface area contributed by atoms with Gasteiger partial charge in [0.2, 0.25) is 17.2 Å². The predicted octanol–water partition coefficient (Wildman–Crippen LogP) is 1.40. The van der Waals surface area contributed by atoms with E-state index >= 15 is 0 Å². The van der Waals surface area contributed by atoms with Crippen LogP contribution in [0.2, 0.25) is 5.28 Å². The summed E-state index contributed by atoms with van der Waals surface area (Å²) in [5.74, 6) is 0.879. The van der Waals surface area contributed by atoms with Gasteiger partial charge in [0.25, 0.3) is 0 Å². The molecule has 0 spiro atoms. The fraction of sp³-hybridized carbons (Fsp3) is 0.667. The van der Waals surface area contributed by atoms with Crippen LogP contribution in [0.15, 0.2) is 0 Å². The third kappa shape index (κ3) is 4.59. The molecule has 0 aromatic carbocycles. The van der Waals surface area contributed by atoms with E-state index in [1.807, 2.05) is 13.8 Å². The summed E-state index contributed by atoms with van der Waals surface area (Å²) in [6.45, 7) is 5.19. The van der Waals surface area contributed by atoms with Crippen molar-refractivity contribution in [3.63, 3.8) is 0 Å². The van der Waals surface area contributed by atoms with Gasteiger partial charge in [0.05, 0.1) is 12.7 Å². The average Bonchev–Trinajstić information content (AvgIpc) is 2.23. The lowest BCUT2D eigenvalue weighted by atomic mass is 10.5. The molecule has 0 aliphatic heterocycles. The van der Waals surface area contributed by atoms with Crippen LogP contribution in [0, 0.1) is 0 Å². The number of rotatable bonds is 6. The second kappa shape index (κ2) is 6.44. The highest BCUT2D eigenvalue weighted by molar-refractivity contribution is 6.28. The van der Waals surface area contributed by atoms with E-state index < -0.39 is 0 Å². The summed E-state index contributed by atoms with van der Waals surface area (Å²) in [4.78, 5) is 11.9. The summed E-state index contributed by atoms with van der Waals surface area (Å²) in [6, 6.07) is 0. The van der Waals surface area contributed by atoms with E-state index in [-0.39, 0.29) is 11.4 Å². The number of nitrogens with zero attached hydrogens (tertiary/aromatic N) is 3. The Hall–Kier alpha value is -1.14. The minimum Gasteiger partial charge on any atom is -0.377 e. The molecule has 2 N–H and O–H groups in total. The lowest BCUT2D eigenvalue weighted by molar-refractivity contribution is 0.0870. The van der Waals surface area contributed by atoms with Crippen molar-refractivity contribution in [1.82, 2.24) is 15.0 Å². The Kier molecular flexibility index (Phi) is 5.21. The van der Waals surface area contributed by atoms with E-state index in [9.17, 15) is 0 Å². The molecule has 0 aliphatic rings. The van der Waals surface area contributed by atoms with Gasteiger partial charge in [-0.05, 0) is 25.4 Å². The fourth-order valence-corrected chi connectivity index (χ4v) is 1.16. The first-order valence-electron chi connectivity index (χ1n) is 5.06. The Labute approximate surface area is 99.8 Å². The molecular formula is C9H16ClN5O. The smallest absolute Gasteiger partial charge is 0.228 e. The highest BCUT2D eigenvalue weighted by atomic mass is 35.5. The van der Waals surface area contributed by atoms with Gasteiger partial charge >= 0.3 is 0 Å². The van der Waals surface area contributed by atoms with Crippen LogP contribution in [-0.4, -0.2) is 41.3 Å². The molecule has 0 saturated heterocycles. The molecule has 1 aromatic heterocycles. The first-order valence-corrected chi connectivity index (χ1v) is 5.44. The maximum Gasteiger partial charge on any atom is 0.228 e. The second-order valence-corrected chi connectivity index (χ2v) is 3.69. The average molecular weight is 246 g/mol. The van der Waals surface area contributed by atoms with Gasteiger partial charge in [-0.25, -0.2) is 0 Å². The Bertz CT molecular complexity index is 334. The van der Waals surface area contributed by atoms with Crippen LogP contribution in [0.1, 0.15) is 13.8 Å². The first kappa shape index (κ1) is 12.9. The molecule has 0 fully saturated rings. The Morgan fingerprint density at radius 1 is 1.25 bits per heavy atom. The third-order valence-corrected chi connectivity index (χ3v) is 1.84. The third-order valence-electron chi connectivity index (χ3n) is 1.67. The van der Waals surface area contributed by atoms with E-state index in [2.05, 4.69) is 25.6 Å². The van der Waals surface area contributed by atoms with Crippen molar-refractivity contribution in [1.29, 1.82) is 0 Å². The fourth-order valence-electron chi connectivity index (χ4n) is 0.998.